The monoisotopic (exact) mass is 442 g/mol. The summed E-state index contributed by atoms with van der Waals surface area (Å²) in [7, 11) is 0. The number of morpholine rings is 1. The van der Waals surface area contributed by atoms with Crippen molar-refractivity contribution in [2.24, 2.45) is 0 Å². The number of nitrogens with zero attached hydrogens (tertiary/aromatic N) is 3. The number of rotatable bonds is 7. The predicted molar refractivity (Wildman–Crippen MR) is 121 cm³/mol. The molecule has 31 heavy (non-hydrogen) atoms. The summed E-state index contributed by atoms with van der Waals surface area (Å²) in [6.45, 7) is 6.64. The molecule has 2 aromatic rings. The van der Waals surface area contributed by atoms with Crippen LogP contribution in [0.3, 0.4) is 0 Å². The molecule has 1 aromatic carbocycles. The van der Waals surface area contributed by atoms with Crippen molar-refractivity contribution in [3.05, 3.63) is 58.3 Å². The van der Waals surface area contributed by atoms with Crippen LogP contribution in [0, 0.1) is 0 Å². The van der Waals surface area contributed by atoms with E-state index in [1.54, 1.807) is 11.3 Å². The van der Waals surface area contributed by atoms with E-state index in [2.05, 4.69) is 33.3 Å². The molecule has 0 aliphatic carbocycles. The van der Waals surface area contributed by atoms with E-state index in [1.807, 2.05) is 34.5 Å². The van der Waals surface area contributed by atoms with Gasteiger partial charge in [0.05, 0.1) is 32.3 Å². The lowest BCUT2D eigenvalue weighted by Gasteiger charge is -2.35. The fraction of sp³-hybridized carbons (Fsp3) is 0.478. The van der Waals surface area contributed by atoms with E-state index >= 15 is 0 Å². The molecule has 1 aromatic heterocycles. The Kier molecular flexibility index (Phi) is 7.69. The standard InChI is InChI=1S/C23H30N4O3S/c28-21(24-23(20-7-4-16-31-20)19-5-2-1-3-6-19)17-25-8-10-26(11-9-25)18-22(29)27-12-14-30-15-13-27/h1-7,16,23H,8-15,17-18H2,(H,24,28). The van der Waals surface area contributed by atoms with Crippen LogP contribution in [-0.4, -0.2) is 92.1 Å². The molecule has 1 unspecified atom stereocenters. The van der Waals surface area contributed by atoms with Crippen molar-refractivity contribution in [2.75, 3.05) is 65.6 Å². The first-order valence-electron chi connectivity index (χ1n) is 10.9. The van der Waals surface area contributed by atoms with Gasteiger partial charge in [0, 0.05) is 44.1 Å². The van der Waals surface area contributed by atoms with Crippen molar-refractivity contribution in [3.8, 4) is 0 Å². The van der Waals surface area contributed by atoms with Crippen molar-refractivity contribution >= 4 is 23.2 Å². The van der Waals surface area contributed by atoms with Crippen LogP contribution in [-0.2, 0) is 14.3 Å². The lowest BCUT2D eigenvalue weighted by molar-refractivity contribution is -0.137. The van der Waals surface area contributed by atoms with Gasteiger partial charge in [-0.25, -0.2) is 0 Å². The number of hydrogen-bond acceptors (Lipinski definition) is 6. The zero-order valence-corrected chi connectivity index (χ0v) is 18.6. The largest absolute Gasteiger partial charge is 0.378 e. The van der Waals surface area contributed by atoms with Gasteiger partial charge in [-0.2, -0.15) is 0 Å². The summed E-state index contributed by atoms with van der Waals surface area (Å²) in [5, 5.41) is 5.25. The Balaban J connectivity index is 1.25. The number of thiophene rings is 1. The van der Waals surface area contributed by atoms with E-state index in [0.717, 1.165) is 36.6 Å². The van der Waals surface area contributed by atoms with E-state index in [9.17, 15) is 9.59 Å². The molecule has 0 saturated carbocycles. The molecule has 7 nitrogen and oxygen atoms in total. The molecule has 3 heterocycles. The predicted octanol–water partition coefficient (Wildman–Crippen LogP) is 1.43. The van der Waals surface area contributed by atoms with Crippen LogP contribution in [0.25, 0.3) is 0 Å². The van der Waals surface area contributed by atoms with Gasteiger partial charge in [0.2, 0.25) is 11.8 Å². The average molecular weight is 443 g/mol. The molecule has 4 rings (SSSR count). The Morgan fingerprint density at radius 3 is 2.23 bits per heavy atom. The Bertz CT molecular complexity index is 832. The number of carbonyl (C=O) groups excluding carboxylic acids is 2. The molecule has 2 saturated heterocycles. The van der Waals surface area contributed by atoms with Crippen molar-refractivity contribution in [2.45, 2.75) is 6.04 Å². The first-order chi connectivity index (χ1) is 15.2. The second-order valence-corrected chi connectivity index (χ2v) is 8.95. The normalized spacial score (nSPS) is 19.2. The number of nitrogens with one attached hydrogen (secondary N) is 1. The minimum atomic E-state index is -0.124. The van der Waals surface area contributed by atoms with Crippen LogP contribution in [0.1, 0.15) is 16.5 Å². The first-order valence-corrected chi connectivity index (χ1v) is 11.7. The first kappa shape index (κ1) is 22.0. The zero-order chi connectivity index (χ0) is 21.5. The van der Waals surface area contributed by atoms with Gasteiger partial charge in [0.25, 0.3) is 0 Å². The quantitative estimate of drug-likeness (QED) is 0.703. The molecule has 1 atom stereocenters. The van der Waals surface area contributed by atoms with E-state index in [4.69, 9.17) is 4.74 Å². The van der Waals surface area contributed by atoms with Gasteiger partial charge >= 0.3 is 0 Å². The molecule has 0 bridgehead atoms. The number of hydrogen-bond donors (Lipinski definition) is 1. The molecule has 8 heteroatoms. The lowest BCUT2D eigenvalue weighted by atomic mass is 10.1. The van der Waals surface area contributed by atoms with Gasteiger partial charge in [-0.1, -0.05) is 36.4 Å². The van der Waals surface area contributed by atoms with Crippen LogP contribution in [0.4, 0.5) is 0 Å². The maximum absolute atomic E-state index is 12.8. The Hall–Kier alpha value is -2.26. The Morgan fingerprint density at radius 2 is 1.58 bits per heavy atom. The Morgan fingerprint density at radius 1 is 0.903 bits per heavy atom. The highest BCUT2D eigenvalue weighted by Gasteiger charge is 2.25. The van der Waals surface area contributed by atoms with Crippen molar-refractivity contribution in [1.29, 1.82) is 0 Å². The molecule has 2 amide bonds. The van der Waals surface area contributed by atoms with Gasteiger partial charge in [0.15, 0.2) is 0 Å². The summed E-state index contributed by atoms with van der Waals surface area (Å²) in [6, 6.07) is 14.0. The highest BCUT2D eigenvalue weighted by atomic mass is 32.1. The van der Waals surface area contributed by atoms with Gasteiger partial charge < -0.3 is 15.0 Å². The maximum Gasteiger partial charge on any atom is 0.236 e. The SMILES string of the molecule is O=C(CN1CCN(CC(=O)N2CCOCC2)CC1)NC(c1ccccc1)c1cccs1. The number of amides is 2. The molecule has 0 spiro atoms. The van der Waals surface area contributed by atoms with Crippen molar-refractivity contribution < 1.29 is 14.3 Å². The van der Waals surface area contributed by atoms with Crippen LogP contribution >= 0.6 is 11.3 Å². The van der Waals surface area contributed by atoms with Gasteiger partial charge in [-0.05, 0) is 17.0 Å². The molecule has 2 aliphatic rings. The highest BCUT2D eigenvalue weighted by molar-refractivity contribution is 7.10. The summed E-state index contributed by atoms with van der Waals surface area (Å²) in [6.07, 6.45) is 0. The summed E-state index contributed by atoms with van der Waals surface area (Å²) in [5.41, 5.74) is 1.09. The fourth-order valence-corrected chi connectivity index (χ4v) is 4.84. The van der Waals surface area contributed by atoms with Gasteiger partial charge in [0.1, 0.15) is 0 Å². The van der Waals surface area contributed by atoms with Crippen LogP contribution < -0.4 is 5.32 Å². The number of benzene rings is 1. The van der Waals surface area contributed by atoms with E-state index in [1.165, 1.54) is 0 Å². The minimum Gasteiger partial charge on any atom is -0.378 e. The highest BCUT2D eigenvalue weighted by Crippen LogP contribution is 2.25. The van der Waals surface area contributed by atoms with Crippen molar-refractivity contribution in [1.82, 2.24) is 20.0 Å². The summed E-state index contributed by atoms with van der Waals surface area (Å²) < 4.78 is 5.32. The third-order valence-corrected chi connectivity index (χ3v) is 6.76. The smallest absolute Gasteiger partial charge is 0.236 e. The molecular weight excluding hydrogens is 412 g/mol. The van der Waals surface area contributed by atoms with Crippen molar-refractivity contribution in [3.63, 3.8) is 0 Å². The molecular formula is C23H30N4O3S. The Labute approximate surface area is 187 Å². The summed E-state index contributed by atoms with van der Waals surface area (Å²) >= 11 is 1.65. The summed E-state index contributed by atoms with van der Waals surface area (Å²) in [5.74, 6) is 0.205. The van der Waals surface area contributed by atoms with Gasteiger partial charge in [-0.15, -0.1) is 11.3 Å². The van der Waals surface area contributed by atoms with E-state index in [-0.39, 0.29) is 17.9 Å². The second-order valence-electron chi connectivity index (χ2n) is 7.97. The van der Waals surface area contributed by atoms with E-state index < -0.39 is 0 Å². The molecule has 2 aliphatic heterocycles. The average Bonchev–Trinajstić information content (AvgIpc) is 3.34. The van der Waals surface area contributed by atoms with E-state index in [0.29, 0.717) is 39.4 Å². The van der Waals surface area contributed by atoms with Crippen LogP contribution in [0.15, 0.2) is 47.8 Å². The maximum atomic E-state index is 12.8. The minimum absolute atomic E-state index is 0.0279. The van der Waals surface area contributed by atoms with Crippen LogP contribution in [0.5, 0.6) is 0 Å². The lowest BCUT2D eigenvalue weighted by Crippen LogP contribution is -2.53. The molecule has 2 fully saturated rings. The molecule has 0 radical (unpaired) electrons. The summed E-state index contributed by atoms with van der Waals surface area (Å²) in [4.78, 5) is 32.6. The fourth-order valence-electron chi connectivity index (χ4n) is 4.04. The van der Waals surface area contributed by atoms with Crippen LogP contribution in [0.2, 0.25) is 0 Å². The second kappa shape index (κ2) is 10.9. The van der Waals surface area contributed by atoms with Gasteiger partial charge in [-0.3, -0.25) is 19.4 Å². The number of piperazine rings is 1. The molecule has 1 N–H and O–H groups in total. The topological polar surface area (TPSA) is 65.1 Å². The number of carbonyl (C=O) groups is 2. The third kappa shape index (κ3) is 6.13. The third-order valence-electron chi connectivity index (χ3n) is 5.82. The molecule has 166 valence electrons. The zero-order valence-electron chi connectivity index (χ0n) is 17.7. The number of ether oxygens (including phenoxy) is 1.